The van der Waals surface area contributed by atoms with Gasteiger partial charge in [-0.2, -0.15) is 26.3 Å². The van der Waals surface area contributed by atoms with Crippen molar-refractivity contribution in [3.8, 4) is 0 Å². The number of hydrogen-bond acceptors (Lipinski definition) is 6. The number of benzene rings is 1. The first kappa shape index (κ1) is 31.0. The molecule has 1 rings (SSSR count). The van der Waals surface area contributed by atoms with E-state index in [2.05, 4.69) is 45.0 Å². The van der Waals surface area contributed by atoms with E-state index in [9.17, 15) is 26.3 Å². The van der Waals surface area contributed by atoms with Crippen molar-refractivity contribution < 1.29 is 71.8 Å². The van der Waals surface area contributed by atoms with Crippen LogP contribution in [0.15, 0.2) is 24.3 Å². The summed E-state index contributed by atoms with van der Waals surface area (Å²) in [4.78, 5) is 0. The van der Waals surface area contributed by atoms with Crippen LogP contribution in [0.4, 0.5) is 26.3 Å². The van der Waals surface area contributed by atoms with E-state index in [1.165, 1.54) is 11.1 Å². The van der Waals surface area contributed by atoms with Crippen molar-refractivity contribution in [2.45, 2.75) is 37.7 Å². The van der Waals surface area contributed by atoms with E-state index in [1.54, 1.807) is 0 Å². The molecule has 0 N–H and O–H groups in total. The summed E-state index contributed by atoms with van der Waals surface area (Å²) in [7, 11) is -12.2. The van der Waals surface area contributed by atoms with Crippen LogP contribution < -0.4 is 0 Å². The second-order valence-electron chi connectivity index (χ2n) is 4.87. The minimum absolute atomic E-state index is 0. The van der Waals surface area contributed by atoms with Crippen LogP contribution in [0.3, 0.4) is 0 Å². The smallest absolute Gasteiger partial charge is 0.741 e. The Morgan fingerprint density at radius 2 is 1.00 bits per heavy atom. The van der Waals surface area contributed by atoms with Gasteiger partial charge in [0.1, 0.15) is 0 Å². The molecule has 0 atom stereocenters. The Morgan fingerprint density at radius 3 is 1.15 bits per heavy atom. The summed E-state index contributed by atoms with van der Waals surface area (Å²) in [6.45, 7) is 6.54. The van der Waals surface area contributed by atoms with Crippen molar-refractivity contribution in [2.75, 3.05) is 0 Å². The maximum Gasteiger partial charge on any atom is 2.00 e. The second kappa shape index (κ2) is 11.3. The third kappa shape index (κ3) is 14.0. The van der Waals surface area contributed by atoms with Gasteiger partial charge >= 0.3 is 30.5 Å². The molecule has 1 aromatic rings. The first-order chi connectivity index (χ1) is 11.2. The molecule has 0 saturated carbocycles. The summed E-state index contributed by atoms with van der Waals surface area (Å²) in [5, 5.41) is 0. The van der Waals surface area contributed by atoms with Crippen LogP contribution >= 0.6 is 0 Å². The molecule has 0 aliphatic rings. The fraction of sp³-hybridized carbons (Fsp3) is 0.500. The summed E-state index contributed by atoms with van der Waals surface area (Å²) in [5.41, 5.74) is -8.53. The van der Waals surface area contributed by atoms with E-state index in [0.29, 0.717) is 5.92 Å². The van der Waals surface area contributed by atoms with E-state index in [1.807, 2.05) is 0 Å². The molecule has 0 radical (unpaired) electrons. The van der Waals surface area contributed by atoms with Gasteiger partial charge in [-0.3, -0.25) is 0 Å². The predicted molar refractivity (Wildman–Crippen MR) is 76.8 cm³/mol. The summed E-state index contributed by atoms with van der Waals surface area (Å²) >= 11 is 0. The SMILES string of the molecule is Cc1ccc(C(C)C)cc1.O=S(=O)([O-])C(F)(F)F.O=S(=O)([O-])C(F)(F)F.[Ru+2]. The summed E-state index contributed by atoms with van der Waals surface area (Å²) < 4.78 is 118. The molecule has 1 aromatic carbocycles. The van der Waals surface area contributed by atoms with Gasteiger partial charge in [-0.1, -0.05) is 43.7 Å². The molecule has 0 spiro atoms. The first-order valence-corrected chi connectivity index (χ1v) is 9.12. The van der Waals surface area contributed by atoms with Gasteiger partial charge in [0.15, 0.2) is 20.2 Å². The molecular weight excluding hydrogens is 519 g/mol. The van der Waals surface area contributed by atoms with E-state index in [0.717, 1.165) is 0 Å². The minimum atomic E-state index is -6.09. The van der Waals surface area contributed by atoms with Crippen LogP contribution in [0, 0.1) is 6.92 Å². The fourth-order valence-corrected chi connectivity index (χ4v) is 0.951. The number of halogens is 6. The molecule has 0 bridgehead atoms. The molecule has 0 unspecified atom stereocenters. The zero-order valence-electron chi connectivity index (χ0n) is 13.8. The van der Waals surface area contributed by atoms with Gasteiger partial charge in [-0.05, 0) is 18.4 Å². The van der Waals surface area contributed by atoms with E-state index >= 15 is 0 Å². The molecule has 160 valence electrons. The topological polar surface area (TPSA) is 114 Å². The fourth-order valence-electron chi connectivity index (χ4n) is 0.951. The number of aryl methyl sites for hydroxylation is 1. The Balaban J connectivity index is -0.000000318. The summed E-state index contributed by atoms with van der Waals surface area (Å²) in [5.74, 6) is 0.653. The minimum Gasteiger partial charge on any atom is -0.741 e. The maximum atomic E-state index is 10.7. The van der Waals surface area contributed by atoms with Gasteiger partial charge in [0.2, 0.25) is 0 Å². The van der Waals surface area contributed by atoms with Crippen LogP contribution in [0.25, 0.3) is 0 Å². The molecule has 0 saturated heterocycles. The quantitative estimate of drug-likeness (QED) is 0.237. The number of alkyl halides is 6. The second-order valence-corrected chi connectivity index (χ2v) is 7.61. The molecule has 0 aliphatic heterocycles. The van der Waals surface area contributed by atoms with Crippen LogP contribution in [0.2, 0.25) is 0 Å². The third-order valence-electron chi connectivity index (χ3n) is 2.31. The first-order valence-electron chi connectivity index (χ1n) is 6.31. The van der Waals surface area contributed by atoms with Gasteiger partial charge in [-0.25, -0.2) is 16.8 Å². The average Bonchev–Trinajstić information content (AvgIpc) is 2.35. The Kier molecular flexibility index (Phi) is 12.9. The molecular formula is C12H14F6O6RuS2. The Bertz CT molecular complexity index is 713. The monoisotopic (exact) mass is 534 g/mol. The molecule has 0 fully saturated rings. The van der Waals surface area contributed by atoms with Gasteiger partial charge in [0.05, 0.1) is 0 Å². The van der Waals surface area contributed by atoms with Gasteiger partial charge in [-0.15, -0.1) is 0 Å². The maximum absolute atomic E-state index is 10.7. The van der Waals surface area contributed by atoms with Crippen LogP contribution in [0.1, 0.15) is 30.9 Å². The number of hydrogen-bond donors (Lipinski definition) is 0. The van der Waals surface area contributed by atoms with Gasteiger partial charge in [0.25, 0.3) is 0 Å². The number of rotatable bonds is 1. The third-order valence-corrected chi connectivity index (χ3v) is 3.44. The molecule has 0 aliphatic carbocycles. The Morgan fingerprint density at radius 1 is 0.778 bits per heavy atom. The Labute approximate surface area is 165 Å². The van der Waals surface area contributed by atoms with Crippen LogP contribution in [0.5, 0.6) is 0 Å². The van der Waals surface area contributed by atoms with E-state index in [-0.39, 0.29) is 19.5 Å². The molecule has 6 nitrogen and oxygen atoms in total. The van der Waals surface area contributed by atoms with Gasteiger partial charge in [0, 0.05) is 0 Å². The van der Waals surface area contributed by atoms with Crippen molar-refractivity contribution in [3.05, 3.63) is 35.4 Å². The predicted octanol–water partition coefficient (Wildman–Crippen LogP) is 3.22. The largest absolute Gasteiger partial charge is 2.00 e. The van der Waals surface area contributed by atoms with E-state index in [4.69, 9.17) is 25.9 Å². The van der Waals surface area contributed by atoms with Gasteiger partial charge < -0.3 is 9.11 Å². The standard InChI is InChI=1S/C10H14.2CHF3O3S.Ru/c1-8(2)10-6-4-9(3)5-7-10;2*2-1(3,4)8(5,6)7;/h4-8H,1-3H3;2*(H,5,6,7);/q;;;+2/p-2. The van der Waals surface area contributed by atoms with Crippen LogP contribution in [-0.4, -0.2) is 37.0 Å². The van der Waals surface area contributed by atoms with Crippen molar-refractivity contribution >= 4 is 20.2 Å². The molecule has 15 heteroatoms. The summed E-state index contributed by atoms with van der Waals surface area (Å²) in [6, 6.07) is 8.71. The zero-order chi connectivity index (χ0) is 21.6. The summed E-state index contributed by atoms with van der Waals surface area (Å²) in [6.07, 6.45) is 0. The van der Waals surface area contributed by atoms with Crippen LogP contribution in [-0.2, 0) is 39.7 Å². The molecule has 0 heterocycles. The molecule has 27 heavy (non-hydrogen) atoms. The zero-order valence-corrected chi connectivity index (χ0v) is 17.1. The van der Waals surface area contributed by atoms with Crippen molar-refractivity contribution in [1.29, 1.82) is 0 Å². The average molecular weight is 533 g/mol. The van der Waals surface area contributed by atoms with Crippen molar-refractivity contribution in [3.63, 3.8) is 0 Å². The molecule has 0 amide bonds. The molecule has 0 aromatic heterocycles. The Hall–Kier alpha value is -0.757. The van der Waals surface area contributed by atoms with Crippen molar-refractivity contribution in [2.24, 2.45) is 0 Å². The normalized spacial score (nSPS) is 12.1. The van der Waals surface area contributed by atoms with Crippen molar-refractivity contribution in [1.82, 2.24) is 0 Å². The van der Waals surface area contributed by atoms with E-state index < -0.39 is 31.3 Å².